The Morgan fingerprint density at radius 3 is 1.39 bits per heavy atom. The first-order valence-electron chi connectivity index (χ1n) is 38.8. The fourth-order valence-electron chi connectivity index (χ4n) is 12.4. The summed E-state index contributed by atoms with van der Waals surface area (Å²) in [5, 5.41) is 49.0. The Balaban J connectivity index is 1.94. The van der Waals surface area contributed by atoms with Crippen molar-refractivity contribution in [2.75, 3.05) is 52.4 Å². The number of amides is 12. The zero-order chi connectivity index (χ0) is 83.4. The van der Waals surface area contributed by atoms with Gasteiger partial charge in [0.15, 0.2) is 11.9 Å². The van der Waals surface area contributed by atoms with Gasteiger partial charge in [-0.05, 0) is 176 Å². The molecule has 37 heteroatoms. The lowest BCUT2D eigenvalue weighted by Gasteiger charge is -2.32. The number of carbonyl (C=O) groups is 13. The summed E-state index contributed by atoms with van der Waals surface area (Å²) < 4.78 is 0. The van der Waals surface area contributed by atoms with Gasteiger partial charge in [0.25, 0.3) is 0 Å². The number of hydrogen-bond acceptors (Lipinski definition) is 20. The van der Waals surface area contributed by atoms with E-state index in [1.807, 2.05) is 13.8 Å². The van der Waals surface area contributed by atoms with E-state index in [0.29, 0.717) is 69.0 Å². The maximum absolute atomic E-state index is 15.0. The second-order valence-electron chi connectivity index (χ2n) is 29.1. The number of carboxylic acids is 1. The number of phenols is 1. The second kappa shape index (κ2) is 52.1. The number of guanidine groups is 2. The molecular formula is C75H126N22O15. The van der Waals surface area contributed by atoms with Crippen molar-refractivity contribution in [1.29, 1.82) is 0 Å². The number of nitrogens with two attached hydrogens (primary N) is 8. The molecule has 1 aliphatic rings. The van der Waals surface area contributed by atoms with Crippen molar-refractivity contribution in [3.8, 4) is 5.75 Å². The van der Waals surface area contributed by atoms with Crippen LogP contribution in [0.4, 0.5) is 0 Å². The summed E-state index contributed by atoms with van der Waals surface area (Å²) >= 11 is 0. The van der Waals surface area contributed by atoms with Gasteiger partial charge in [-0.1, -0.05) is 90.4 Å². The zero-order valence-electron chi connectivity index (χ0n) is 65.7. The number of hydrogen-bond donors (Lipinski definition) is 21. The van der Waals surface area contributed by atoms with E-state index < -0.39 is 162 Å². The highest BCUT2D eigenvalue weighted by Gasteiger charge is 2.42. The van der Waals surface area contributed by atoms with Gasteiger partial charge in [0.2, 0.25) is 70.9 Å². The van der Waals surface area contributed by atoms with Crippen molar-refractivity contribution < 1.29 is 72.5 Å². The van der Waals surface area contributed by atoms with Crippen molar-refractivity contribution in [3.05, 3.63) is 65.7 Å². The minimum absolute atomic E-state index is 0.00344. The van der Waals surface area contributed by atoms with Gasteiger partial charge in [0.1, 0.15) is 66.2 Å². The van der Waals surface area contributed by atoms with E-state index in [2.05, 4.69) is 68.5 Å². The minimum Gasteiger partial charge on any atom is -0.508 e. The van der Waals surface area contributed by atoms with E-state index in [9.17, 15) is 67.7 Å². The van der Waals surface area contributed by atoms with E-state index >= 15 is 4.79 Å². The summed E-state index contributed by atoms with van der Waals surface area (Å²) in [4.78, 5) is 192. The van der Waals surface area contributed by atoms with Crippen LogP contribution < -0.4 is 104 Å². The zero-order valence-corrected chi connectivity index (χ0v) is 65.7. The topological polar surface area (TPSA) is 631 Å². The summed E-state index contributed by atoms with van der Waals surface area (Å²) in [7, 11) is 0. The SMILES string of the molecule is CC[C@H](C)[C@H](NC(=O)[C@H](CCCN=C(N)N)NC(=O)[C@H](CCCCN)NC(=O)[C@H](CC(C)C)NC(=O)[C@H](Cc1ccccc1)NC(=O)CNC(=O)CNC(=O)[C@@H](N)Cc1ccc(O)cc1)C(=O)N[C@@H](CCCN=C(N)N)C(=O)N1CCC[C@H]1C(=O)N[C@@H](CCCCN)C(=O)N[C@@H](CC(C)C)C(=O)N[C@@H](CCCCN)C(=O)O. The van der Waals surface area contributed by atoms with Crippen molar-refractivity contribution in [2.24, 2.45) is 73.6 Å². The number of nitrogens with one attached hydrogen (secondary N) is 11. The highest BCUT2D eigenvalue weighted by atomic mass is 16.4. The van der Waals surface area contributed by atoms with Gasteiger partial charge in [-0.3, -0.25) is 67.5 Å². The van der Waals surface area contributed by atoms with Crippen LogP contribution in [0.1, 0.15) is 168 Å². The molecule has 1 heterocycles. The van der Waals surface area contributed by atoms with E-state index in [-0.39, 0.29) is 139 Å². The Bertz CT molecular complexity index is 3400. The molecule has 37 nitrogen and oxygen atoms in total. The molecule has 0 aliphatic carbocycles. The molecule has 12 amide bonds. The molecule has 0 saturated carbocycles. The maximum Gasteiger partial charge on any atom is 0.326 e. The first-order valence-corrected chi connectivity index (χ1v) is 38.8. The summed E-state index contributed by atoms with van der Waals surface area (Å²) in [5.74, 6) is -11.9. The highest BCUT2D eigenvalue weighted by molar-refractivity contribution is 5.99. The molecule has 3 rings (SSSR count). The van der Waals surface area contributed by atoms with Crippen LogP contribution >= 0.6 is 0 Å². The number of benzene rings is 2. The lowest BCUT2D eigenvalue weighted by molar-refractivity contribution is -0.143. The van der Waals surface area contributed by atoms with Crippen LogP contribution in [0.5, 0.6) is 5.75 Å². The molecule has 0 bridgehead atoms. The molecule has 626 valence electrons. The summed E-state index contributed by atoms with van der Waals surface area (Å²) in [5.41, 5.74) is 47.3. The third-order valence-corrected chi connectivity index (χ3v) is 18.7. The first-order chi connectivity index (χ1) is 53.2. The molecule has 0 aromatic heterocycles. The normalized spacial score (nSPS) is 15.5. The molecule has 112 heavy (non-hydrogen) atoms. The Labute approximate surface area is 655 Å². The molecule has 29 N–H and O–H groups in total. The first kappa shape index (κ1) is 95.9. The summed E-state index contributed by atoms with van der Waals surface area (Å²) in [6.07, 6.45) is 3.68. The fourth-order valence-corrected chi connectivity index (χ4v) is 12.4. The minimum atomic E-state index is -1.44. The molecule has 0 spiro atoms. The lowest BCUT2D eigenvalue weighted by Crippen LogP contribution is -2.61. The van der Waals surface area contributed by atoms with Gasteiger partial charge in [0.05, 0.1) is 19.1 Å². The van der Waals surface area contributed by atoms with Crippen LogP contribution in [0.15, 0.2) is 64.6 Å². The molecule has 0 unspecified atom stereocenters. The van der Waals surface area contributed by atoms with Gasteiger partial charge < -0.3 is 119 Å². The molecule has 2 aromatic carbocycles. The fraction of sp³-hybridized carbons (Fsp3) is 0.640. The van der Waals surface area contributed by atoms with Crippen molar-refractivity contribution in [1.82, 2.24) is 63.4 Å². The molecule has 2 aromatic rings. The number of aliphatic carboxylic acids is 1. The Kier molecular flexibility index (Phi) is 44.6. The number of aromatic hydroxyl groups is 1. The average Bonchev–Trinajstić information content (AvgIpc) is 1.46. The number of unbranched alkanes of at least 4 members (excludes halogenated alkanes) is 3. The molecule has 0 radical (unpaired) electrons. The second-order valence-corrected chi connectivity index (χ2v) is 29.1. The van der Waals surface area contributed by atoms with Gasteiger partial charge in [-0.15, -0.1) is 0 Å². The van der Waals surface area contributed by atoms with Crippen molar-refractivity contribution in [2.45, 2.75) is 236 Å². The van der Waals surface area contributed by atoms with Crippen LogP contribution in [0.3, 0.4) is 0 Å². The van der Waals surface area contributed by atoms with Crippen molar-refractivity contribution >= 4 is 88.8 Å². The van der Waals surface area contributed by atoms with Crippen molar-refractivity contribution in [3.63, 3.8) is 0 Å². The highest BCUT2D eigenvalue weighted by Crippen LogP contribution is 2.22. The monoisotopic (exact) mass is 1570 g/mol. The Morgan fingerprint density at radius 2 is 0.902 bits per heavy atom. The number of carboxylic acid groups (broad SMARTS) is 1. The van der Waals surface area contributed by atoms with E-state index in [4.69, 9.17) is 45.9 Å². The number of nitrogens with zero attached hydrogens (tertiary/aromatic N) is 3. The van der Waals surface area contributed by atoms with Crippen LogP contribution in [0, 0.1) is 17.8 Å². The number of aliphatic imine (C=N–C) groups is 2. The van der Waals surface area contributed by atoms with E-state index in [0.717, 1.165) is 0 Å². The number of rotatable bonds is 54. The average molecular weight is 1580 g/mol. The number of likely N-dealkylation sites (tertiary alicyclic amines) is 1. The van der Waals surface area contributed by atoms with Crippen LogP contribution in [-0.2, 0) is 75.2 Å². The molecule has 12 atom stereocenters. The third-order valence-electron chi connectivity index (χ3n) is 18.7. The maximum atomic E-state index is 15.0. The molecular weight excluding hydrogens is 1450 g/mol. The summed E-state index contributed by atoms with van der Waals surface area (Å²) in [6, 6.07) is 0.641. The summed E-state index contributed by atoms with van der Waals surface area (Å²) in [6.45, 7) is 10.4. The van der Waals surface area contributed by atoms with Gasteiger partial charge >= 0.3 is 5.97 Å². The van der Waals surface area contributed by atoms with Gasteiger partial charge in [-0.2, -0.15) is 0 Å². The predicted octanol–water partition coefficient (Wildman–Crippen LogP) is -3.19. The number of phenolic OH excluding ortho intramolecular Hbond substituents is 1. The van der Waals surface area contributed by atoms with Gasteiger partial charge in [0, 0.05) is 26.1 Å². The molecule has 1 aliphatic heterocycles. The van der Waals surface area contributed by atoms with E-state index in [1.165, 1.54) is 17.0 Å². The van der Waals surface area contributed by atoms with Gasteiger partial charge in [-0.25, -0.2) is 4.79 Å². The molecule has 1 fully saturated rings. The third kappa shape index (κ3) is 36.7. The van der Waals surface area contributed by atoms with Crippen LogP contribution in [0.25, 0.3) is 0 Å². The number of carbonyl (C=O) groups excluding carboxylic acids is 12. The molecule has 1 saturated heterocycles. The van der Waals surface area contributed by atoms with E-state index in [1.54, 1.807) is 70.2 Å². The Morgan fingerprint density at radius 1 is 0.473 bits per heavy atom. The largest absolute Gasteiger partial charge is 0.508 e. The Hall–Kier alpha value is -10.3. The van der Waals surface area contributed by atoms with Crippen LogP contribution in [-0.4, -0.2) is 223 Å². The lowest BCUT2D eigenvalue weighted by atomic mass is 9.96. The van der Waals surface area contributed by atoms with Crippen LogP contribution in [0.2, 0.25) is 0 Å². The quantitative estimate of drug-likeness (QED) is 0.0176. The predicted molar refractivity (Wildman–Crippen MR) is 423 cm³/mol. The standard InChI is InChI=1S/C75H126N22O15/c1-7-46(6)62(71(109)92-54(26-18-36-85-75(82)83)72(110)97-37-19-27-59(97)70(108)91-52(23-12-15-33-77)65(103)94-57(39-45(4)5)68(106)93-55(73(111)112)24-13-16-34-78)96-66(104)53(25-17-35-84-74(80)81)89-64(102)51(22-11-14-32-76)90-67(105)56(38-44(2)3)95-69(107)58(41-47-20-9-8-10-21-47)88-61(100)43-86-60(99)42-87-63(101)50(79)40-48-28-30-49(98)31-29-48/h8-10,20-21,28-31,44-46,50-59,62,98H,7,11-19,22-27,32-43,76-79H2,1-6H3,(H,86,99)(H,87,101)(H,88,100)(H,89,102)(H,90,105)(H,91,108)(H,92,109)(H,93,106)(H,94,103)(H,95,107)(H,96,104)(H,111,112)(H4,80,81,84)(H4,82,83,85)/t46-,50-,51-,52-,53-,54-,55-,56-,57-,58-,59-,62-/m0/s1. The smallest absolute Gasteiger partial charge is 0.326 e.